The van der Waals surface area contributed by atoms with E-state index in [9.17, 15) is 13.5 Å². The fourth-order valence-electron chi connectivity index (χ4n) is 2.33. The lowest BCUT2D eigenvalue weighted by molar-refractivity contribution is 0.0845. The minimum absolute atomic E-state index is 0.134. The molecule has 1 aliphatic heterocycles. The van der Waals surface area contributed by atoms with E-state index in [1.165, 1.54) is 0 Å². The third-order valence-corrected chi connectivity index (χ3v) is 5.64. The van der Waals surface area contributed by atoms with Crippen LogP contribution < -0.4 is 0 Å². The van der Waals surface area contributed by atoms with Crippen LogP contribution in [0.4, 0.5) is 0 Å². The first-order valence-electron chi connectivity index (χ1n) is 6.44. The van der Waals surface area contributed by atoms with Crippen molar-refractivity contribution in [2.45, 2.75) is 37.2 Å². The first kappa shape index (κ1) is 14.5. The van der Waals surface area contributed by atoms with Gasteiger partial charge in [-0.2, -0.15) is 0 Å². The number of benzene rings is 1. The Morgan fingerprint density at radius 1 is 1.26 bits per heavy atom. The van der Waals surface area contributed by atoms with Gasteiger partial charge in [0.05, 0.1) is 11.5 Å². The highest BCUT2D eigenvalue weighted by atomic mass is 32.2. The zero-order valence-corrected chi connectivity index (χ0v) is 12.2. The molecule has 0 amide bonds. The molecule has 1 N–H and O–H groups in total. The summed E-state index contributed by atoms with van der Waals surface area (Å²) in [5.74, 6) is 0.0541. The minimum Gasteiger partial charge on any atom is -0.389 e. The van der Waals surface area contributed by atoms with E-state index in [1.54, 1.807) is 24.3 Å². The third-order valence-electron chi connectivity index (χ3n) is 3.68. The Balaban J connectivity index is 2.29. The van der Waals surface area contributed by atoms with E-state index >= 15 is 0 Å². The van der Waals surface area contributed by atoms with Gasteiger partial charge in [-0.15, -0.1) is 0 Å². The first-order valence-corrected chi connectivity index (χ1v) is 7.99. The van der Waals surface area contributed by atoms with Crippen molar-refractivity contribution in [3.63, 3.8) is 0 Å². The van der Waals surface area contributed by atoms with Gasteiger partial charge in [0, 0.05) is 5.92 Å². The highest BCUT2D eigenvalue weighted by Crippen LogP contribution is 2.32. The Labute approximate surface area is 114 Å². The van der Waals surface area contributed by atoms with Gasteiger partial charge in [-0.3, -0.25) is 0 Å². The van der Waals surface area contributed by atoms with E-state index in [0.29, 0.717) is 0 Å². The van der Waals surface area contributed by atoms with Crippen LogP contribution in [0.1, 0.15) is 19.4 Å². The van der Waals surface area contributed by atoms with Gasteiger partial charge in [0.15, 0.2) is 5.44 Å². The second kappa shape index (κ2) is 5.23. The lowest BCUT2D eigenvalue weighted by Crippen LogP contribution is -2.35. The highest BCUT2D eigenvalue weighted by molar-refractivity contribution is 7.92. The standard InChI is InChI=1S/C14H20O4S/c1-9(2)12-8-18-14(13(12)15)19(16,17)11-6-4-10(3)5-7-11/h4-7,9,12-15H,8H2,1-3H3/t12-,13+,14-/m1/s1. The van der Waals surface area contributed by atoms with Gasteiger partial charge < -0.3 is 9.84 Å². The number of aliphatic hydroxyl groups excluding tert-OH is 1. The Hall–Kier alpha value is -0.910. The number of hydrogen-bond acceptors (Lipinski definition) is 4. The molecule has 1 saturated heterocycles. The molecule has 0 bridgehead atoms. The molecular formula is C14H20O4S. The third kappa shape index (κ3) is 2.68. The lowest BCUT2D eigenvalue weighted by atomic mass is 9.93. The molecule has 1 aromatic carbocycles. The van der Waals surface area contributed by atoms with Crippen molar-refractivity contribution in [1.29, 1.82) is 0 Å². The fourth-order valence-corrected chi connectivity index (χ4v) is 3.94. The van der Waals surface area contributed by atoms with E-state index in [-0.39, 0.29) is 23.3 Å². The molecule has 4 nitrogen and oxygen atoms in total. The van der Waals surface area contributed by atoms with Crippen LogP contribution >= 0.6 is 0 Å². The van der Waals surface area contributed by atoms with Crippen LogP contribution in [0, 0.1) is 18.8 Å². The second-order valence-corrected chi connectivity index (χ2v) is 7.48. The van der Waals surface area contributed by atoms with Crippen molar-refractivity contribution in [3.8, 4) is 0 Å². The number of sulfone groups is 1. The van der Waals surface area contributed by atoms with Crippen LogP contribution in [0.3, 0.4) is 0 Å². The summed E-state index contributed by atoms with van der Waals surface area (Å²) in [6.45, 7) is 6.09. The molecule has 1 aromatic rings. The van der Waals surface area contributed by atoms with Crippen molar-refractivity contribution in [3.05, 3.63) is 29.8 Å². The van der Waals surface area contributed by atoms with Crippen LogP contribution in [0.25, 0.3) is 0 Å². The lowest BCUT2D eigenvalue weighted by Gasteiger charge is -2.20. The number of aryl methyl sites for hydroxylation is 1. The van der Waals surface area contributed by atoms with E-state index in [1.807, 2.05) is 20.8 Å². The summed E-state index contributed by atoms with van der Waals surface area (Å²) in [6, 6.07) is 6.61. The molecule has 106 valence electrons. The van der Waals surface area contributed by atoms with E-state index in [4.69, 9.17) is 4.74 Å². The molecule has 19 heavy (non-hydrogen) atoms. The normalized spacial score (nSPS) is 27.9. The van der Waals surface area contributed by atoms with E-state index in [0.717, 1.165) is 5.56 Å². The van der Waals surface area contributed by atoms with Crippen LogP contribution in [-0.2, 0) is 14.6 Å². The van der Waals surface area contributed by atoms with Gasteiger partial charge in [-0.25, -0.2) is 8.42 Å². The van der Waals surface area contributed by atoms with Crippen LogP contribution in [0.5, 0.6) is 0 Å². The summed E-state index contributed by atoms with van der Waals surface area (Å²) in [4.78, 5) is 0.201. The number of aliphatic hydroxyl groups is 1. The van der Waals surface area contributed by atoms with E-state index < -0.39 is 21.4 Å². The maximum atomic E-state index is 12.4. The molecule has 1 fully saturated rings. The minimum atomic E-state index is -3.64. The van der Waals surface area contributed by atoms with Crippen LogP contribution in [0.15, 0.2) is 29.2 Å². The monoisotopic (exact) mass is 284 g/mol. The maximum absolute atomic E-state index is 12.4. The molecule has 1 heterocycles. The largest absolute Gasteiger partial charge is 0.389 e. The molecule has 1 aliphatic rings. The second-order valence-electron chi connectivity index (χ2n) is 5.46. The van der Waals surface area contributed by atoms with Crippen molar-refractivity contribution < 1.29 is 18.3 Å². The van der Waals surface area contributed by atoms with Gasteiger partial charge >= 0.3 is 0 Å². The Bertz CT molecular complexity index is 533. The van der Waals surface area contributed by atoms with E-state index in [2.05, 4.69) is 0 Å². The van der Waals surface area contributed by atoms with Gasteiger partial charge in [0.2, 0.25) is 9.84 Å². The van der Waals surface area contributed by atoms with Crippen molar-refractivity contribution in [2.75, 3.05) is 6.61 Å². The summed E-state index contributed by atoms with van der Waals surface area (Å²) in [5, 5.41) is 10.2. The summed E-state index contributed by atoms with van der Waals surface area (Å²) in [5.41, 5.74) is -0.158. The predicted octanol–water partition coefficient (Wildman–Crippen LogP) is 1.76. The zero-order chi connectivity index (χ0) is 14.2. The SMILES string of the molecule is Cc1ccc(S(=O)(=O)[C@H]2OC[C@H](C(C)C)[C@@H]2O)cc1. The zero-order valence-electron chi connectivity index (χ0n) is 11.4. The molecule has 0 aromatic heterocycles. The van der Waals surface area contributed by atoms with Gasteiger partial charge in [-0.1, -0.05) is 31.5 Å². The molecule has 0 radical (unpaired) electrons. The quantitative estimate of drug-likeness (QED) is 0.918. The summed E-state index contributed by atoms with van der Waals surface area (Å²) in [6.07, 6.45) is -0.966. The highest BCUT2D eigenvalue weighted by Gasteiger charge is 2.45. The average molecular weight is 284 g/mol. The number of rotatable bonds is 3. The summed E-state index contributed by atoms with van der Waals surface area (Å²) in [7, 11) is -3.64. The van der Waals surface area contributed by atoms with Crippen molar-refractivity contribution in [1.82, 2.24) is 0 Å². The molecule has 3 atom stereocenters. The number of ether oxygens (including phenoxy) is 1. The molecule has 0 spiro atoms. The molecule has 0 aliphatic carbocycles. The van der Waals surface area contributed by atoms with Crippen molar-refractivity contribution in [2.24, 2.45) is 11.8 Å². The number of hydrogen-bond donors (Lipinski definition) is 1. The topological polar surface area (TPSA) is 63.6 Å². The average Bonchev–Trinajstić information content (AvgIpc) is 2.72. The maximum Gasteiger partial charge on any atom is 0.207 e. The molecule has 0 unspecified atom stereocenters. The Kier molecular flexibility index (Phi) is 3.99. The molecule has 0 saturated carbocycles. The van der Waals surface area contributed by atoms with Crippen molar-refractivity contribution >= 4 is 9.84 Å². The summed E-state index contributed by atoms with van der Waals surface area (Å²) >= 11 is 0. The smallest absolute Gasteiger partial charge is 0.207 e. The van der Waals surface area contributed by atoms with Gasteiger partial charge in [-0.05, 0) is 25.0 Å². The van der Waals surface area contributed by atoms with Crippen LogP contribution in [0.2, 0.25) is 0 Å². The first-order chi connectivity index (χ1) is 8.84. The Morgan fingerprint density at radius 2 is 1.84 bits per heavy atom. The summed E-state index contributed by atoms with van der Waals surface area (Å²) < 4.78 is 30.2. The molecule has 5 heteroatoms. The van der Waals surface area contributed by atoms with Crippen LogP contribution in [-0.4, -0.2) is 31.7 Å². The van der Waals surface area contributed by atoms with Gasteiger partial charge in [0.1, 0.15) is 6.10 Å². The Morgan fingerprint density at radius 3 is 2.32 bits per heavy atom. The predicted molar refractivity (Wildman–Crippen MR) is 72.4 cm³/mol. The molecule has 2 rings (SSSR count). The van der Waals surface area contributed by atoms with Gasteiger partial charge in [0.25, 0.3) is 0 Å². The molecular weight excluding hydrogens is 264 g/mol. The fraction of sp³-hybridized carbons (Fsp3) is 0.571.